The van der Waals surface area contributed by atoms with Crippen LogP contribution < -0.4 is 0 Å². The van der Waals surface area contributed by atoms with E-state index in [1.807, 2.05) is 55.4 Å². The van der Waals surface area contributed by atoms with Crippen molar-refractivity contribution in [2.24, 2.45) is 10.8 Å². The molecule has 2 unspecified atom stereocenters. The first-order chi connectivity index (χ1) is 10.7. The summed E-state index contributed by atoms with van der Waals surface area (Å²) in [5, 5.41) is 21.1. The molecule has 142 valence electrons. The summed E-state index contributed by atoms with van der Waals surface area (Å²) in [6.45, 7) is 16.3. The lowest BCUT2D eigenvalue weighted by atomic mass is 9.86. The Morgan fingerprint density at radius 2 is 1.04 bits per heavy atom. The standard InChI is InChI=1S/C18H34O6/c1-15(2,3)17(7)21-9-11(23-17)13(19)14(20)12-10-22-18(8,24-12)16(4,5)6/h11-14,19-20H,9-10H2,1-8H3/t11-,12-,13-,14-,17?,18?/m1/s1. The summed E-state index contributed by atoms with van der Waals surface area (Å²) in [6.07, 6.45) is -3.42. The molecular weight excluding hydrogens is 312 g/mol. The number of hydrogen-bond donors (Lipinski definition) is 2. The molecule has 2 aliphatic rings. The molecule has 2 heterocycles. The fourth-order valence-electron chi connectivity index (χ4n) is 2.76. The average molecular weight is 346 g/mol. The van der Waals surface area contributed by atoms with Crippen LogP contribution in [0.5, 0.6) is 0 Å². The summed E-state index contributed by atoms with van der Waals surface area (Å²) in [7, 11) is 0. The average Bonchev–Trinajstić information content (AvgIpc) is 3.01. The smallest absolute Gasteiger partial charge is 0.170 e. The zero-order valence-electron chi connectivity index (χ0n) is 16.3. The summed E-state index contributed by atoms with van der Waals surface area (Å²) in [5.41, 5.74) is -0.492. The number of rotatable bonds is 3. The zero-order valence-corrected chi connectivity index (χ0v) is 16.3. The maximum absolute atomic E-state index is 10.6. The third kappa shape index (κ3) is 3.50. The first kappa shape index (κ1) is 20.1. The van der Waals surface area contributed by atoms with Gasteiger partial charge in [-0.05, 0) is 13.8 Å². The fraction of sp³-hybridized carbons (Fsp3) is 1.00. The van der Waals surface area contributed by atoms with E-state index in [1.165, 1.54) is 0 Å². The van der Waals surface area contributed by atoms with Crippen LogP contribution >= 0.6 is 0 Å². The first-order valence-electron chi connectivity index (χ1n) is 8.70. The molecule has 6 heteroatoms. The van der Waals surface area contributed by atoms with Crippen LogP contribution in [0, 0.1) is 10.8 Å². The van der Waals surface area contributed by atoms with Gasteiger partial charge in [0.15, 0.2) is 11.6 Å². The van der Waals surface area contributed by atoms with Crippen LogP contribution in [0.1, 0.15) is 55.4 Å². The summed E-state index contributed by atoms with van der Waals surface area (Å²) in [5.74, 6) is -1.60. The summed E-state index contributed by atoms with van der Waals surface area (Å²) in [4.78, 5) is 0. The van der Waals surface area contributed by atoms with E-state index in [2.05, 4.69) is 0 Å². The highest BCUT2D eigenvalue weighted by atomic mass is 16.8. The quantitative estimate of drug-likeness (QED) is 0.815. The molecule has 2 rings (SSSR count). The highest BCUT2D eigenvalue weighted by molar-refractivity contribution is 4.94. The van der Waals surface area contributed by atoms with Gasteiger partial charge in [-0.3, -0.25) is 0 Å². The third-order valence-corrected chi connectivity index (χ3v) is 5.64. The summed E-state index contributed by atoms with van der Waals surface area (Å²) >= 11 is 0. The third-order valence-electron chi connectivity index (χ3n) is 5.64. The van der Waals surface area contributed by atoms with Crippen LogP contribution in [0.15, 0.2) is 0 Å². The molecule has 0 saturated carbocycles. The number of aliphatic hydroxyl groups excluding tert-OH is 2. The summed E-state index contributed by atoms with van der Waals surface area (Å²) < 4.78 is 23.5. The SMILES string of the molecule is CC(C)(C)C1(C)OC[C@H]([C@@H](O)[C@H](O)[C@H]2COC(C)(C(C)(C)C)O2)O1. The lowest BCUT2D eigenvalue weighted by Crippen LogP contribution is -2.49. The van der Waals surface area contributed by atoms with E-state index in [0.717, 1.165) is 0 Å². The second-order valence-electron chi connectivity index (χ2n) is 9.31. The van der Waals surface area contributed by atoms with E-state index >= 15 is 0 Å². The van der Waals surface area contributed by atoms with E-state index in [9.17, 15) is 10.2 Å². The van der Waals surface area contributed by atoms with Gasteiger partial charge in [-0.1, -0.05) is 41.5 Å². The number of ether oxygens (including phenoxy) is 4. The monoisotopic (exact) mass is 346 g/mol. The summed E-state index contributed by atoms with van der Waals surface area (Å²) in [6, 6.07) is 0. The molecule has 2 aliphatic heterocycles. The van der Waals surface area contributed by atoms with E-state index in [-0.39, 0.29) is 24.0 Å². The van der Waals surface area contributed by atoms with Crippen molar-refractivity contribution < 1.29 is 29.2 Å². The Labute approximate surface area is 145 Å². The molecule has 0 aromatic rings. The van der Waals surface area contributed by atoms with Crippen LogP contribution in [0.3, 0.4) is 0 Å². The minimum atomic E-state index is -1.11. The molecule has 2 fully saturated rings. The van der Waals surface area contributed by atoms with Crippen LogP contribution in [-0.4, -0.2) is 59.4 Å². The van der Waals surface area contributed by atoms with Crippen molar-refractivity contribution in [2.75, 3.05) is 13.2 Å². The van der Waals surface area contributed by atoms with Gasteiger partial charge in [-0.25, -0.2) is 0 Å². The van der Waals surface area contributed by atoms with Crippen LogP contribution in [0.25, 0.3) is 0 Å². The molecule has 0 aliphatic carbocycles. The minimum Gasteiger partial charge on any atom is -0.387 e. The molecule has 2 N–H and O–H groups in total. The van der Waals surface area contributed by atoms with Crippen molar-refractivity contribution in [1.29, 1.82) is 0 Å². The topological polar surface area (TPSA) is 77.4 Å². The van der Waals surface area contributed by atoms with Crippen molar-refractivity contribution in [3.63, 3.8) is 0 Å². The van der Waals surface area contributed by atoms with Gasteiger partial charge in [0.1, 0.15) is 24.4 Å². The molecule has 0 bridgehead atoms. The maximum atomic E-state index is 10.6. The molecule has 0 aromatic heterocycles. The zero-order chi connectivity index (χ0) is 18.6. The second kappa shape index (κ2) is 6.18. The molecule has 6 nitrogen and oxygen atoms in total. The lowest BCUT2D eigenvalue weighted by molar-refractivity contribution is -0.241. The lowest BCUT2D eigenvalue weighted by Gasteiger charge is -2.38. The van der Waals surface area contributed by atoms with Gasteiger partial charge < -0.3 is 29.2 Å². The van der Waals surface area contributed by atoms with Gasteiger partial charge >= 0.3 is 0 Å². The van der Waals surface area contributed by atoms with Gasteiger partial charge in [-0.15, -0.1) is 0 Å². The fourth-order valence-corrected chi connectivity index (χ4v) is 2.76. The minimum absolute atomic E-state index is 0.232. The number of aliphatic hydroxyl groups is 2. The number of hydrogen-bond acceptors (Lipinski definition) is 6. The first-order valence-corrected chi connectivity index (χ1v) is 8.70. The van der Waals surface area contributed by atoms with Crippen LogP contribution in [0.4, 0.5) is 0 Å². The Balaban J connectivity index is 2.01. The van der Waals surface area contributed by atoms with Crippen molar-refractivity contribution in [2.45, 2.75) is 91.4 Å². The van der Waals surface area contributed by atoms with Crippen LogP contribution in [-0.2, 0) is 18.9 Å². The van der Waals surface area contributed by atoms with Gasteiger partial charge in [0.05, 0.1) is 13.2 Å². The Bertz CT molecular complexity index is 411. The molecule has 0 spiro atoms. The van der Waals surface area contributed by atoms with Crippen LogP contribution in [0.2, 0.25) is 0 Å². The van der Waals surface area contributed by atoms with Gasteiger partial charge in [-0.2, -0.15) is 0 Å². The molecule has 2 saturated heterocycles. The molecule has 24 heavy (non-hydrogen) atoms. The highest BCUT2D eigenvalue weighted by Crippen LogP contribution is 2.42. The Hall–Kier alpha value is -0.240. The molecule has 0 aromatic carbocycles. The van der Waals surface area contributed by atoms with E-state index in [4.69, 9.17) is 18.9 Å². The Morgan fingerprint density at radius 1 is 0.750 bits per heavy atom. The van der Waals surface area contributed by atoms with Crippen molar-refractivity contribution >= 4 is 0 Å². The molecular formula is C18H34O6. The van der Waals surface area contributed by atoms with Gasteiger partial charge in [0.2, 0.25) is 0 Å². The predicted octanol–water partition coefficient (Wildman–Crippen LogP) is 2.06. The second-order valence-corrected chi connectivity index (χ2v) is 9.31. The van der Waals surface area contributed by atoms with Gasteiger partial charge in [0, 0.05) is 10.8 Å². The molecule has 0 amide bonds. The van der Waals surface area contributed by atoms with Crippen molar-refractivity contribution in [3.05, 3.63) is 0 Å². The van der Waals surface area contributed by atoms with Crippen molar-refractivity contribution in [3.8, 4) is 0 Å². The van der Waals surface area contributed by atoms with E-state index in [0.29, 0.717) is 0 Å². The largest absolute Gasteiger partial charge is 0.387 e. The maximum Gasteiger partial charge on any atom is 0.170 e. The predicted molar refractivity (Wildman–Crippen MR) is 89.4 cm³/mol. The van der Waals surface area contributed by atoms with E-state index < -0.39 is 36.0 Å². The van der Waals surface area contributed by atoms with E-state index in [1.54, 1.807) is 0 Å². The Kier molecular flexibility index (Phi) is 5.17. The van der Waals surface area contributed by atoms with Crippen molar-refractivity contribution in [1.82, 2.24) is 0 Å². The normalized spacial score (nSPS) is 40.8. The van der Waals surface area contributed by atoms with Gasteiger partial charge in [0.25, 0.3) is 0 Å². The molecule has 0 radical (unpaired) electrons. The molecule has 6 atom stereocenters. The Morgan fingerprint density at radius 3 is 1.25 bits per heavy atom. The highest BCUT2D eigenvalue weighted by Gasteiger charge is 2.53.